The van der Waals surface area contributed by atoms with Crippen LogP contribution in [0.25, 0.3) is 0 Å². The molecule has 0 spiro atoms. The van der Waals surface area contributed by atoms with E-state index in [1.807, 2.05) is 0 Å². The fraction of sp³-hybridized carbons (Fsp3) is 0.692. The zero-order chi connectivity index (χ0) is 14.1. The van der Waals surface area contributed by atoms with E-state index >= 15 is 0 Å². The number of nitrogens with two attached hydrogens (primary N) is 1. The largest absolute Gasteiger partial charge is 0.379 e. The van der Waals surface area contributed by atoms with Crippen LogP contribution in [0.2, 0.25) is 0 Å². The molecule has 1 rings (SSSR count). The molecule has 4 N–H and O–H groups in total. The molecule has 0 aromatic carbocycles. The number of nitrogen functional groups attached to an aromatic ring is 1. The van der Waals surface area contributed by atoms with Crippen LogP contribution >= 0.6 is 0 Å². The van der Waals surface area contributed by atoms with Crippen molar-refractivity contribution in [2.75, 3.05) is 30.5 Å². The van der Waals surface area contributed by atoms with E-state index in [-0.39, 0.29) is 0 Å². The number of hydrazine groups is 1. The van der Waals surface area contributed by atoms with E-state index in [0.717, 1.165) is 37.4 Å². The average molecular weight is 267 g/mol. The van der Waals surface area contributed by atoms with Gasteiger partial charge in [-0.05, 0) is 12.3 Å². The highest BCUT2D eigenvalue weighted by atomic mass is 16.5. The van der Waals surface area contributed by atoms with Crippen LogP contribution in [-0.4, -0.2) is 29.7 Å². The van der Waals surface area contributed by atoms with Crippen molar-refractivity contribution >= 4 is 11.6 Å². The molecule has 0 aliphatic carbocycles. The summed E-state index contributed by atoms with van der Waals surface area (Å²) in [5.41, 5.74) is 3.64. The maximum absolute atomic E-state index is 5.53. The molecule has 0 aliphatic rings. The number of rotatable bonds is 9. The number of aromatic nitrogens is 2. The van der Waals surface area contributed by atoms with Gasteiger partial charge in [0.1, 0.15) is 18.0 Å². The first-order valence-corrected chi connectivity index (χ1v) is 6.81. The topological polar surface area (TPSA) is 85.1 Å². The Morgan fingerprint density at radius 3 is 2.68 bits per heavy atom. The summed E-state index contributed by atoms with van der Waals surface area (Å²) >= 11 is 0. The van der Waals surface area contributed by atoms with Crippen LogP contribution in [0.3, 0.4) is 0 Å². The maximum Gasteiger partial charge on any atom is 0.148 e. The minimum Gasteiger partial charge on any atom is -0.379 e. The Labute approximate surface area is 115 Å². The SMILES string of the molecule is CCCc1c(NN)ncnc1NCCOCC(C)C. The van der Waals surface area contributed by atoms with Crippen LogP contribution in [0.4, 0.5) is 11.6 Å². The molecule has 0 amide bonds. The average Bonchev–Trinajstić information content (AvgIpc) is 2.39. The number of nitrogens with one attached hydrogen (secondary N) is 2. The van der Waals surface area contributed by atoms with Crippen molar-refractivity contribution in [1.29, 1.82) is 0 Å². The first-order chi connectivity index (χ1) is 9.19. The van der Waals surface area contributed by atoms with Crippen molar-refractivity contribution in [2.24, 2.45) is 11.8 Å². The van der Waals surface area contributed by atoms with Gasteiger partial charge >= 0.3 is 0 Å². The molecule has 0 unspecified atom stereocenters. The molecule has 1 heterocycles. The van der Waals surface area contributed by atoms with Gasteiger partial charge in [-0.3, -0.25) is 0 Å². The molecular weight excluding hydrogens is 242 g/mol. The van der Waals surface area contributed by atoms with E-state index in [2.05, 4.69) is 41.5 Å². The van der Waals surface area contributed by atoms with Gasteiger partial charge in [0.2, 0.25) is 0 Å². The third-order valence-corrected chi connectivity index (χ3v) is 2.57. The van der Waals surface area contributed by atoms with Gasteiger partial charge < -0.3 is 15.5 Å². The first kappa shape index (κ1) is 15.7. The Morgan fingerprint density at radius 2 is 2.05 bits per heavy atom. The van der Waals surface area contributed by atoms with Crippen LogP contribution in [0.5, 0.6) is 0 Å². The molecule has 0 aliphatic heterocycles. The fourth-order valence-corrected chi connectivity index (χ4v) is 1.74. The number of ether oxygens (including phenoxy) is 1. The Morgan fingerprint density at radius 1 is 1.32 bits per heavy atom. The van der Waals surface area contributed by atoms with Gasteiger partial charge in [-0.15, -0.1) is 0 Å². The molecular formula is C13H25N5O. The summed E-state index contributed by atoms with van der Waals surface area (Å²) in [6, 6.07) is 0. The van der Waals surface area contributed by atoms with Gasteiger partial charge in [-0.1, -0.05) is 27.2 Å². The summed E-state index contributed by atoms with van der Waals surface area (Å²) in [6.07, 6.45) is 3.40. The zero-order valence-corrected chi connectivity index (χ0v) is 12.1. The van der Waals surface area contributed by atoms with Crippen molar-refractivity contribution in [3.05, 3.63) is 11.9 Å². The molecule has 108 valence electrons. The fourth-order valence-electron chi connectivity index (χ4n) is 1.74. The van der Waals surface area contributed by atoms with Crippen LogP contribution in [0.1, 0.15) is 32.8 Å². The third kappa shape index (κ3) is 5.40. The minimum absolute atomic E-state index is 0.558. The lowest BCUT2D eigenvalue weighted by Gasteiger charge is -2.13. The highest BCUT2D eigenvalue weighted by Crippen LogP contribution is 2.20. The molecule has 1 aromatic heterocycles. The highest BCUT2D eigenvalue weighted by molar-refractivity contribution is 5.56. The Balaban J connectivity index is 2.52. The quantitative estimate of drug-likeness (QED) is 0.359. The molecule has 1 aromatic rings. The smallest absolute Gasteiger partial charge is 0.148 e. The predicted molar refractivity (Wildman–Crippen MR) is 78.0 cm³/mol. The van der Waals surface area contributed by atoms with Crippen molar-refractivity contribution in [1.82, 2.24) is 9.97 Å². The molecule has 0 atom stereocenters. The molecule has 0 radical (unpaired) electrons. The maximum atomic E-state index is 5.53. The Hall–Kier alpha value is -1.40. The second-order valence-corrected chi connectivity index (χ2v) is 4.84. The minimum atomic E-state index is 0.558. The zero-order valence-electron chi connectivity index (χ0n) is 12.1. The summed E-state index contributed by atoms with van der Waals surface area (Å²) in [6.45, 7) is 8.56. The van der Waals surface area contributed by atoms with Gasteiger partial charge in [0.05, 0.1) is 6.61 Å². The summed E-state index contributed by atoms with van der Waals surface area (Å²) in [4.78, 5) is 8.39. The van der Waals surface area contributed by atoms with Crippen molar-refractivity contribution in [3.63, 3.8) is 0 Å². The van der Waals surface area contributed by atoms with Gasteiger partial charge in [-0.2, -0.15) is 0 Å². The first-order valence-electron chi connectivity index (χ1n) is 6.81. The lowest BCUT2D eigenvalue weighted by Crippen LogP contribution is -2.17. The van der Waals surface area contributed by atoms with E-state index < -0.39 is 0 Å². The van der Waals surface area contributed by atoms with Gasteiger partial charge in [-0.25, -0.2) is 15.8 Å². The van der Waals surface area contributed by atoms with E-state index in [1.54, 1.807) is 0 Å². The molecule has 0 fully saturated rings. The molecule has 0 bridgehead atoms. The van der Waals surface area contributed by atoms with E-state index in [4.69, 9.17) is 10.6 Å². The molecule has 0 saturated heterocycles. The lowest BCUT2D eigenvalue weighted by molar-refractivity contribution is 0.118. The molecule has 6 heteroatoms. The molecule has 6 nitrogen and oxygen atoms in total. The van der Waals surface area contributed by atoms with Crippen LogP contribution in [-0.2, 0) is 11.2 Å². The van der Waals surface area contributed by atoms with Crippen LogP contribution < -0.4 is 16.6 Å². The Kier molecular flexibility index (Phi) is 7.14. The van der Waals surface area contributed by atoms with Crippen molar-refractivity contribution in [2.45, 2.75) is 33.6 Å². The van der Waals surface area contributed by atoms with Crippen molar-refractivity contribution < 1.29 is 4.74 Å². The van der Waals surface area contributed by atoms with E-state index in [1.165, 1.54) is 6.33 Å². The van der Waals surface area contributed by atoms with Gasteiger partial charge in [0, 0.05) is 18.7 Å². The molecule has 19 heavy (non-hydrogen) atoms. The van der Waals surface area contributed by atoms with Gasteiger partial charge in [0.15, 0.2) is 0 Å². The third-order valence-electron chi connectivity index (χ3n) is 2.57. The summed E-state index contributed by atoms with van der Waals surface area (Å²) in [5, 5.41) is 3.27. The predicted octanol–water partition coefficient (Wildman–Crippen LogP) is 1.80. The number of anilines is 2. The number of hydrogen-bond acceptors (Lipinski definition) is 6. The van der Waals surface area contributed by atoms with Crippen LogP contribution in [0.15, 0.2) is 6.33 Å². The summed E-state index contributed by atoms with van der Waals surface area (Å²) in [5.74, 6) is 7.54. The van der Waals surface area contributed by atoms with E-state index in [0.29, 0.717) is 18.3 Å². The normalized spacial score (nSPS) is 10.8. The number of hydrogen-bond donors (Lipinski definition) is 3. The Bertz CT molecular complexity index is 370. The molecule has 0 saturated carbocycles. The lowest BCUT2D eigenvalue weighted by atomic mass is 10.1. The van der Waals surface area contributed by atoms with Crippen molar-refractivity contribution in [3.8, 4) is 0 Å². The second kappa shape index (κ2) is 8.66. The van der Waals surface area contributed by atoms with Crippen LogP contribution in [0, 0.1) is 5.92 Å². The van der Waals surface area contributed by atoms with Gasteiger partial charge in [0.25, 0.3) is 0 Å². The standard InChI is InChI=1S/C13H25N5O/c1-4-5-11-12(16-9-17-13(11)18-14)15-6-7-19-8-10(2)3/h9-10H,4-8,14H2,1-3H3,(H2,15,16,17,18). The van der Waals surface area contributed by atoms with E-state index in [9.17, 15) is 0 Å². The summed E-state index contributed by atoms with van der Waals surface area (Å²) < 4.78 is 5.53. The summed E-state index contributed by atoms with van der Waals surface area (Å²) in [7, 11) is 0. The monoisotopic (exact) mass is 267 g/mol. The second-order valence-electron chi connectivity index (χ2n) is 4.84. The highest BCUT2D eigenvalue weighted by Gasteiger charge is 2.09. The number of nitrogens with zero attached hydrogens (tertiary/aromatic N) is 2.